The van der Waals surface area contributed by atoms with Crippen molar-refractivity contribution in [1.29, 1.82) is 0 Å². The average molecular weight is 189 g/mol. The molecule has 74 valence electrons. The molecule has 0 aliphatic rings. The molecule has 0 unspecified atom stereocenters. The zero-order valence-corrected chi connectivity index (χ0v) is 8.30. The lowest BCUT2D eigenvalue weighted by molar-refractivity contribution is 0.818. The van der Waals surface area contributed by atoms with Gasteiger partial charge in [-0.2, -0.15) is 0 Å². The number of anilines is 1. The van der Waals surface area contributed by atoms with Crippen LogP contribution >= 0.6 is 0 Å². The largest absolute Gasteiger partial charge is 0.324 e. The standard InChI is InChI=1S/C11H15N3/c1-13-8-3-2-5-10-6-4-7-11(9-10)14-12/h4,6-7,9,13-14H,3,8,12H2,1H3. The topological polar surface area (TPSA) is 50.1 Å². The number of hydrogen-bond acceptors (Lipinski definition) is 3. The lowest BCUT2D eigenvalue weighted by Crippen LogP contribution is -2.06. The van der Waals surface area contributed by atoms with E-state index in [4.69, 9.17) is 5.84 Å². The second-order valence-corrected chi connectivity index (χ2v) is 2.88. The number of benzene rings is 1. The fourth-order valence-corrected chi connectivity index (χ4v) is 1.04. The van der Waals surface area contributed by atoms with Crippen LogP contribution in [0.5, 0.6) is 0 Å². The highest BCUT2D eigenvalue weighted by atomic mass is 15.2. The predicted octanol–water partition coefficient (Wildman–Crippen LogP) is 0.933. The summed E-state index contributed by atoms with van der Waals surface area (Å²) in [5.41, 5.74) is 4.45. The minimum atomic E-state index is 0.858. The van der Waals surface area contributed by atoms with Gasteiger partial charge < -0.3 is 10.7 Å². The van der Waals surface area contributed by atoms with Gasteiger partial charge in [0.15, 0.2) is 0 Å². The summed E-state index contributed by atoms with van der Waals surface area (Å²) in [6, 6.07) is 7.72. The van der Waals surface area contributed by atoms with Crippen LogP contribution in [0.2, 0.25) is 0 Å². The zero-order chi connectivity index (χ0) is 10.2. The average Bonchev–Trinajstić information content (AvgIpc) is 2.25. The molecule has 0 heterocycles. The van der Waals surface area contributed by atoms with Gasteiger partial charge in [-0.25, -0.2) is 0 Å². The first-order chi connectivity index (χ1) is 6.86. The number of hydrogen-bond donors (Lipinski definition) is 3. The fraction of sp³-hybridized carbons (Fsp3) is 0.273. The van der Waals surface area contributed by atoms with Gasteiger partial charge in [-0.3, -0.25) is 5.84 Å². The van der Waals surface area contributed by atoms with Crippen molar-refractivity contribution in [1.82, 2.24) is 5.32 Å². The molecule has 3 nitrogen and oxygen atoms in total. The Bertz CT molecular complexity index is 336. The van der Waals surface area contributed by atoms with Crippen molar-refractivity contribution in [3.8, 4) is 11.8 Å². The Balaban J connectivity index is 2.60. The summed E-state index contributed by atoms with van der Waals surface area (Å²) in [4.78, 5) is 0. The van der Waals surface area contributed by atoms with E-state index < -0.39 is 0 Å². The maximum Gasteiger partial charge on any atom is 0.0497 e. The number of nitrogen functional groups attached to an aromatic ring is 1. The van der Waals surface area contributed by atoms with E-state index in [9.17, 15) is 0 Å². The van der Waals surface area contributed by atoms with Gasteiger partial charge in [0, 0.05) is 24.2 Å². The van der Waals surface area contributed by atoms with Crippen LogP contribution in [0.4, 0.5) is 5.69 Å². The van der Waals surface area contributed by atoms with Crippen molar-refractivity contribution in [2.24, 2.45) is 5.84 Å². The van der Waals surface area contributed by atoms with Crippen molar-refractivity contribution in [3.63, 3.8) is 0 Å². The number of rotatable bonds is 3. The molecule has 0 aromatic heterocycles. The van der Waals surface area contributed by atoms with Gasteiger partial charge in [0.25, 0.3) is 0 Å². The maximum atomic E-state index is 5.29. The first kappa shape index (κ1) is 10.6. The summed E-state index contributed by atoms with van der Waals surface area (Å²) in [5.74, 6) is 11.4. The van der Waals surface area contributed by atoms with E-state index in [1.807, 2.05) is 31.3 Å². The maximum absolute atomic E-state index is 5.29. The minimum absolute atomic E-state index is 0.858. The van der Waals surface area contributed by atoms with Crippen LogP contribution in [0, 0.1) is 11.8 Å². The number of nitrogens with one attached hydrogen (secondary N) is 2. The van der Waals surface area contributed by atoms with E-state index in [1.54, 1.807) is 0 Å². The number of nitrogens with two attached hydrogens (primary N) is 1. The van der Waals surface area contributed by atoms with Crippen LogP contribution in [0.1, 0.15) is 12.0 Å². The molecule has 0 atom stereocenters. The van der Waals surface area contributed by atoms with Gasteiger partial charge in [-0.1, -0.05) is 17.9 Å². The van der Waals surface area contributed by atoms with E-state index in [0.717, 1.165) is 24.2 Å². The van der Waals surface area contributed by atoms with Crippen molar-refractivity contribution >= 4 is 5.69 Å². The van der Waals surface area contributed by atoms with Crippen LogP contribution in [0.15, 0.2) is 24.3 Å². The Morgan fingerprint density at radius 2 is 2.29 bits per heavy atom. The number of hydrazine groups is 1. The Morgan fingerprint density at radius 3 is 3.00 bits per heavy atom. The molecule has 0 spiro atoms. The molecule has 3 heteroatoms. The molecule has 0 fully saturated rings. The molecule has 1 aromatic rings. The van der Waals surface area contributed by atoms with E-state index in [-0.39, 0.29) is 0 Å². The molecule has 0 aliphatic carbocycles. The summed E-state index contributed by atoms with van der Waals surface area (Å²) in [7, 11) is 1.92. The van der Waals surface area contributed by atoms with Gasteiger partial charge in [-0.05, 0) is 25.2 Å². The van der Waals surface area contributed by atoms with Crippen molar-refractivity contribution in [3.05, 3.63) is 29.8 Å². The molecule has 0 aliphatic heterocycles. The van der Waals surface area contributed by atoms with Crippen LogP contribution in [-0.4, -0.2) is 13.6 Å². The molecular formula is C11H15N3. The summed E-state index contributed by atoms with van der Waals surface area (Å²) in [5, 5.41) is 3.04. The zero-order valence-electron chi connectivity index (χ0n) is 8.30. The third-order valence-corrected chi connectivity index (χ3v) is 1.76. The van der Waals surface area contributed by atoms with Gasteiger partial charge in [0.05, 0.1) is 0 Å². The van der Waals surface area contributed by atoms with Gasteiger partial charge in [0.1, 0.15) is 0 Å². The third-order valence-electron chi connectivity index (χ3n) is 1.76. The van der Waals surface area contributed by atoms with Gasteiger partial charge in [0.2, 0.25) is 0 Å². The molecule has 14 heavy (non-hydrogen) atoms. The Labute approximate surface area is 84.7 Å². The molecule has 0 saturated heterocycles. The fourth-order valence-electron chi connectivity index (χ4n) is 1.04. The van der Waals surface area contributed by atoms with E-state index >= 15 is 0 Å². The Kier molecular flexibility index (Phi) is 4.56. The van der Waals surface area contributed by atoms with Crippen LogP contribution in [0.3, 0.4) is 0 Å². The minimum Gasteiger partial charge on any atom is -0.324 e. The molecule has 0 bridgehead atoms. The normalized spacial score (nSPS) is 9.00. The molecular weight excluding hydrogens is 174 g/mol. The van der Waals surface area contributed by atoms with Crippen molar-refractivity contribution in [2.45, 2.75) is 6.42 Å². The lowest BCUT2D eigenvalue weighted by Gasteiger charge is -1.98. The molecule has 4 N–H and O–H groups in total. The van der Waals surface area contributed by atoms with Crippen LogP contribution < -0.4 is 16.6 Å². The van der Waals surface area contributed by atoms with Gasteiger partial charge in [-0.15, -0.1) is 0 Å². The highest BCUT2D eigenvalue weighted by Crippen LogP contribution is 2.07. The summed E-state index contributed by atoms with van der Waals surface area (Å²) in [6.07, 6.45) is 0.858. The highest BCUT2D eigenvalue weighted by molar-refractivity contribution is 5.49. The molecule has 1 aromatic carbocycles. The first-order valence-corrected chi connectivity index (χ1v) is 4.57. The molecule has 0 saturated carbocycles. The van der Waals surface area contributed by atoms with Crippen LogP contribution in [-0.2, 0) is 0 Å². The van der Waals surface area contributed by atoms with Gasteiger partial charge >= 0.3 is 0 Å². The highest BCUT2D eigenvalue weighted by Gasteiger charge is 1.89. The third kappa shape index (κ3) is 3.48. The lowest BCUT2D eigenvalue weighted by atomic mass is 10.2. The first-order valence-electron chi connectivity index (χ1n) is 4.57. The predicted molar refractivity (Wildman–Crippen MR) is 59.7 cm³/mol. The molecule has 1 rings (SSSR count). The quantitative estimate of drug-likeness (QED) is 0.287. The molecule has 0 radical (unpaired) electrons. The summed E-state index contributed by atoms with van der Waals surface area (Å²) < 4.78 is 0. The second kappa shape index (κ2) is 6.03. The molecule has 0 amide bonds. The van der Waals surface area contributed by atoms with E-state index in [1.165, 1.54) is 0 Å². The Hall–Kier alpha value is -1.50. The summed E-state index contributed by atoms with van der Waals surface area (Å²) >= 11 is 0. The van der Waals surface area contributed by atoms with Crippen LogP contribution in [0.25, 0.3) is 0 Å². The van der Waals surface area contributed by atoms with E-state index in [2.05, 4.69) is 22.6 Å². The SMILES string of the molecule is CNCCC#Cc1cccc(NN)c1. The smallest absolute Gasteiger partial charge is 0.0497 e. The summed E-state index contributed by atoms with van der Waals surface area (Å²) in [6.45, 7) is 0.918. The van der Waals surface area contributed by atoms with Crippen molar-refractivity contribution in [2.75, 3.05) is 19.0 Å². The van der Waals surface area contributed by atoms with E-state index in [0.29, 0.717) is 0 Å². The monoisotopic (exact) mass is 189 g/mol. The second-order valence-electron chi connectivity index (χ2n) is 2.88. The van der Waals surface area contributed by atoms with Crippen molar-refractivity contribution < 1.29 is 0 Å². The Morgan fingerprint density at radius 1 is 1.43 bits per heavy atom.